The van der Waals surface area contributed by atoms with Crippen molar-refractivity contribution < 1.29 is 26.7 Å². The van der Waals surface area contributed by atoms with Gasteiger partial charge in [-0.05, 0) is 19.2 Å². The largest absolute Gasteiger partial charge is 0.497 e. The normalized spacial score (nSPS) is 15.0. The predicted molar refractivity (Wildman–Crippen MR) is 120 cm³/mol. The molecule has 0 aliphatic carbocycles. The Bertz CT molecular complexity index is 1300. The first-order chi connectivity index (χ1) is 16.4. The quantitative estimate of drug-likeness (QED) is 0.558. The minimum Gasteiger partial charge on any atom is -0.497 e. The number of halogens is 5. The lowest BCUT2D eigenvalue weighted by Gasteiger charge is -2.33. The molecule has 2 aromatic heterocycles. The molecular formula is C22H23F5N6O2. The third-order valence-corrected chi connectivity index (χ3v) is 5.98. The molecule has 8 nitrogen and oxygen atoms in total. The molecule has 0 saturated carbocycles. The van der Waals surface area contributed by atoms with Gasteiger partial charge >= 0.3 is 6.18 Å². The zero-order chi connectivity index (χ0) is 25.7. The van der Waals surface area contributed by atoms with Crippen LogP contribution in [0.3, 0.4) is 0 Å². The van der Waals surface area contributed by atoms with Gasteiger partial charge in [0.1, 0.15) is 34.5 Å². The minimum absolute atomic E-state index is 0.118. The fourth-order valence-electron chi connectivity index (χ4n) is 4.09. The number of aromatic nitrogens is 3. The van der Waals surface area contributed by atoms with Gasteiger partial charge in [-0.1, -0.05) is 0 Å². The molecule has 1 saturated heterocycles. The number of piperazine rings is 1. The number of rotatable bonds is 4. The molecule has 188 valence electrons. The Hall–Kier alpha value is -3.61. The Labute approximate surface area is 196 Å². The molecule has 3 aromatic rings. The van der Waals surface area contributed by atoms with Crippen LogP contribution in [0.5, 0.6) is 5.75 Å². The number of anilines is 2. The third-order valence-electron chi connectivity index (χ3n) is 5.98. The monoisotopic (exact) mass is 498 g/mol. The summed E-state index contributed by atoms with van der Waals surface area (Å²) in [6, 6.07) is 3.83. The second-order valence-corrected chi connectivity index (χ2v) is 8.20. The molecule has 0 spiro atoms. The molecule has 0 bridgehead atoms. The molecule has 35 heavy (non-hydrogen) atoms. The molecule has 0 atom stereocenters. The fourth-order valence-corrected chi connectivity index (χ4v) is 4.09. The van der Waals surface area contributed by atoms with Crippen molar-refractivity contribution in [3.8, 4) is 22.8 Å². The molecule has 1 aliphatic rings. The van der Waals surface area contributed by atoms with E-state index in [0.29, 0.717) is 30.9 Å². The van der Waals surface area contributed by atoms with Crippen LogP contribution in [0.1, 0.15) is 5.56 Å². The number of hydrogen-bond donors (Lipinski definition) is 1. The summed E-state index contributed by atoms with van der Waals surface area (Å²) in [4.78, 5) is 21.1. The van der Waals surface area contributed by atoms with Crippen LogP contribution in [0.2, 0.25) is 0 Å². The maximum Gasteiger partial charge on any atom is 0.420 e. The highest BCUT2D eigenvalue weighted by atomic mass is 19.4. The molecule has 2 N–H and O–H groups in total. The number of likely N-dealkylation sites (N-methyl/N-ethyl adjacent to an activating group) is 1. The van der Waals surface area contributed by atoms with Crippen LogP contribution in [0, 0.1) is 11.6 Å². The van der Waals surface area contributed by atoms with Crippen LogP contribution in [0.15, 0.2) is 29.1 Å². The number of hydrogen-bond acceptors (Lipinski definition) is 6. The van der Waals surface area contributed by atoms with Crippen LogP contribution >= 0.6 is 0 Å². The average Bonchev–Trinajstić information content (AvgIpc) is 3.01. The molecule has 1 aliphatic heterocycles. The molecule has 0 radical (unpaired) electrons. The number of ether oxygens (including phenoxy) is 1. The van der Waals surface area contributed by atoms with Crippen molar-refractivity contribution in [2.24, 2.45) is 7.05 Å². The molecular weight excluding hydrogens is 475 g/mol. The van der Waals surface area contributed by atoms with Crippen LogP contribution in [-0.2, 0) is 13.2 Å². The van der Waals surface area contributed by atoms with E-state index < -0.39 is 51.7 Å². The molecule has 4 rings (SSSR count). The second kappa shape index (κ2) is 8.87. The van der Waals surface area contributed by atoms with E-state index in [2.05, 4.69) is 9.88 Å². The van der Waals surface area contributed by atoms with E-state index in [1.807, 2.05) is 7.05 Å². The highest BCUT2D eigenvalue weighted by molar-refractivity contribution is 5.74. The van der Waals surface area contributed by atoms with Crippen LogP contribution in [-0.4, -0.2) is 59.6 Å². The first-order valence-corrected chi connectivity index (χ1v) is 10.6. The summed E-state index contributed by atoms with van der Waals surface area (Å²) in [6.45, 7) is 2.39. The maximum absolute atomic E-state index is 14.8. The minimum atomic E-state index is -4.86. The zero-order valence-corrected chi connectivity index (χ0v) is 19.2. The van der Waals surface area contributed by atoms with Gasteiger partial charge in [0.05, 0.1) is 18.4 Å². The van der Waals surface area contributed by atoms with Gasteiger partial charge in [0.2, 0.25) is 0 Å². The SMILES string of the molecule is COc1cc(F)c(-c2c(N)c(=O)n(-c3nc(N4CCN(C)CC4)ccc3C(F)(F)F)n2C)c(F)c1. The van der Waals surface area contributed by atoms with Gasteiger partial charge in [0.25, 0.3) is 5.56 Å². The van der Waals surface area contributed by atoms with Crippen molar-refractivity contribution in [2.45, 2.75) is 6.18 Å². The first-order valence-electron chi connectivity index (χ1n) is 10.6. The number of pyridine rings is 1. The average molecular weight is 498 g/mol. The van der Waals surface area contributed by atoms with Crippen LogP contribution in [0.4, 0.5) is 33.5 Å². The Morgan fingerprint density at radius 2 is 1.63 bits per heavy atom. The number of benzene rings is 1. The highest BCUT2D eigenvalue weighted by Gasteiger charge is 2.37. The predicted octanol–water partition coefficient (Wildman–Crippen LogP) is 2.88. The molecule has 1 aromatic carbocycles. The lowest BCUT2D eigenvalue weighted by Crippen LogP contribution is -2.45. The van der Waals surface area contributed by atoms with E-state index in [9.17, 15) is 26.7 Å². The summed E-state index contributed by atoms with van der Waals surface area (Å²) < 4.78 is 77.6. The standard InChI is InChI=1S/C22H23F5N6O2/c1-30-6-8-32(9-7-30)16-5-4-13(22(25,26)27)20(29-16)33-21(34)18(28)19(31(33)2)17-14(23)10-12(35-3)11-15(17)24/h4-5,10-11H,6-9,28H2,1-3H3. The second-order valence-electron chi connectivity index (χ2n) is 8.20. The fraction of sp³-hybridized carbons (Fsp3) is 0.364. The smallest absolute Gasteiger partial charge is 0.420 e. The van der Waals surface area contributed by atoms with Gasteiger partial charge in [-0.3, -0.25) is 9.48 Å². The molecule has 0 amide bonds. The van der Waals surface area contributed by atoms with Crippen molar-refractivity contribution in [1.82, 2.24) is 19.2 Å². The van der Waals surface area contributed by atoms with Crippen molar-refractivity contribution in [3.05, 3.63) is 51.8 Å². The van der Waals surface area contributed by atoms with E-state index >= 15 is 0 Å². The Kier molecular flexibility index (Phi) is 6.21. The lowest BCUT2D eigenvalue weighted by molar-refractivity contribution is -0.137. The van der Waals surface area contributed by atoms with E-state index in [-0.39, 0.29) is 11.6 Å². The summed E-state index contributed by atoms with van der Waals surface area (Å²) in [5, 5.41) is 0. The number of nitrogens with zero attached hydrogens (tertiary/aromatic N) is 5. The van der Waals surface area contributed by atoms with Crippen LogP contribution in [0.25, 0.3) is 17.1 Å². The number of alkyl halides is 3. The molecule has 3 heterocycles. The van der Waals surface area contributed by atoms with Gasteiger partial charge in [-0.2, -0.15) is 17.9 Å². The Balaban J connectivity index is 1.94. The van der Waals surface area contributed by atoms with Gasteiger partial charge in [-0.25, -0.2) is 13.8 Å². The highest BCUT2D eigenvalue weighted by Crippen LogP contribution is 2.36. The number of methoxy groups -OCH3 is 1. The van der Waals surface area contributed by atoms with Crippen molar-refractivity contribution in [3.63, 3.8) is 0 Å². The van der Waals surface area contributed by atoms with Gasteiger partial charge in [-0.15, -0.1) is 0 Å². The van der Waals surface area contributed by atoms with Gasteiger partial charge < -0.3 is 20.3 Å². The van der Waals surface area contributed by atoms with E-state index in [4.69, 9.17) is 10.5 Å². The molecule has 0 unspecified atom stereocenters. The van der Waals surface area contributed by atoms with E-state index in [1.54, 1.807) is 4.90 Å². The maximum atomic E-state index is 14.8. The molecule has 1 fully saturated rings. The number of nitrogen functional groups attached to an aromatic ring is 1. The van der Waals surface area contributed by atoms with Crippen molar-refractivity contribution in [1.29, 1.82) is 0 Å². The summed E-state index contributed by atoms with van der Waals surface area (Å²) in [5.74, 6) is -2.83. The number of nitrogens with two attached hydrogens (primary N) is 1. The Morgan fingerprint density at radius 1 is 1.03 bits per heavy atom. The van der Waals surface area contributed by atoms with Crippen LogP contribution < -0.4 is 20.9 Å². The van der Waals surface area contributed by atoms with Crippen molar-refractivity contribution in [2.75, 3.05) is 51.0 Å². The van der Waals surface area contributed by atoms with E-state index in [0.717, 1.165) is 22.9 Å². The van der Waals surface area contributed by atoms with Gasteiger partial charge in [0, 0.05) is 45.4 Å². The van der Waals surface area contributed by atoms with E-state index in [1.165, 1.54) is 20.2 Å². The summed E-state index contributed by atoms with van der Waals surface area (Å²) in [7, 11) is 4.32. The summed E-state index contributed by atoms with van der Waals surface area (Å²) >= 11 is 0. The van der Waals surface area contributed by atoms with Gasteiger partial charge in [0.15, 0.2) is 5.82 Å². The zero-order valence-electron chi connectivity index (χ0n) is 19.2. The third kappa shape index (κ3) is 4.31. The molecule has 13 heteroatoms. The lowest BCUT2D eigenvalue weighted by atomic mass is 10.1. The topological polar surface area (TPSA) is 81.5 Å². The Morgan fingerprint density at radius 3 is 2.17 bits per heavy atom. The summed E-state index contributed by atoms with van der Waals surface area (Å²) in [5.41, 5.74) is 1.88. The van der Waals surface area contributed by atoms with Crippen molar-refractivity contribution >= 4 is 11.5 Å². The summed E-state index contributed by atoms with van der Waals surface area (Å²) in [6.07, 6.45) is -4.86. The first kappa shape index (κ1) is 24.5.